The molecule has 1 fully saturated rings. The first-order valence-electron chi connectivity index (χ1n) is 6.92. The number of aromatic nitrogens is 1. The fraction of sp³-hybridized carbons (Fsp3) is 0.692. The van der Waals surface area contributed by atoms with E-state index in [0.717, 1.165) is 12.2 Å². The molecule has 0 aliphatic carbocycles. The maximum Gasteiger partial charge on any atom is 0.244 e. The van der Waals surface area contributed by atoms with E-state index < -0.39 is 10.0 Å². The van der Waals surface area contributed by atoms with E-state index in [0.29, 0.717) is 31.2 Å². The van der Waals surface area contributed by atoms with Crippen molar-refractivity contribution < 1.29 is 13.2 Å². The summed E-state index contributed by atoms with van der Waals surface area (Å²) in [6.45, 7) is 6.75. The second kappa shape index (κ2) is 6.26. The van der Waals surface area contributed by atoms with Crippen LogP contribution in [0.4, 0.5) is 0 Å². The molecule has 0 spiro atoms. The number of hydrogen-bond donors (Lipinski definition) is 1. The Morgan fingerprint density at radius 1 is 1.50 bits per heavy atom. The molecule has 1 N–H and O–H groups in total. The van der Waals surface area contributed by atoms with E-state index in [1.165, 1.54) is 4.31 Å². The van der Waals surface area contributed by atoms with Crippen LogP contribution < -0.4 is 5.32 Å². The summed E-state index contributed by atoms with van der Waals surface area (Å²) in [6.07, 6.45) is 1.68. The lowest BCUT2D eigenvalue weighted by atomic mass is 10.3. The Bertz CT molecular complexity index is 553. The van der Waals surface area contributed by atoms with Gasteiger partial charge in [-0.2, -0.15) is 4.31 Å². The number of aryl methyl sites for hydroxylation is 1. The maximum absolute atomic E-state index is 12.7. The van der Waals surface area contributed by atoms with Gasteiger partial charge in [0.2, 0.25) is 10.0 Å². The molecule has 1 unspecified atom stereocenters. The molecule has 1 saturated heterocycles. The molecular formula is C13H23N3O3S. The van der Waals surface area contributed by atoms with Gasteiger partial charge in [0.15, 0.2) is 0 Å². The SMILES string of the molecule is CCNCc1cc(S(=O)(=O)N2CCOCC2C)cn1C. The van der Waals surface area contributed by atoms with Crippen LogP contribution in [-0.4, -0.2) is 49.6 Å². The Morgan fingerprint density at radius 2 is 2.25 bits per heavy atom. The van der Waals surface area contributed by atoms with E-state index in [-0.39, 0.29) is 6.04 Å². The first-order valence-corrected chi connectivity index (χ1v) is 8.36. The minimum atomic E-state index is -3.43. The quantitative estimate of drug-likeness (QED) is 0.862. The lowest BCUT2D eigenvalue weighted by molar-refractivity contribution is 0.0393. The van der Waals surface area contributed by atoms with Crippen molar-refractivity contribution >= 4 is 10.0 Å². The molecule has 7 heteroatoms. The third-order valence-electron chi connectivity index (χ3n) is 3.55. The molecule has 6 nitrogen and oxygen atoms in total. The second-order valence-electron chi connectivity index (χ2n) is 5.10. The zero-order valence-electron chi connectivity index (χ0n) is 12.3. The van der Waals surface area contributed by atoms with E-state index in [9.17, 15) is 8.42 Å². The molecule has 1 aromatic rings. The summed E-state index contributed by atoms with van der Waals surface area (Å²) in [7, 11) is -1.56. The largest absolute Gasteiger partial charge is 0.378 e. The summed E-state index contributed by atoms with van der Waals surface area (Å²) < 4.78 is 34.0. The topological polar surface area (TPSA) is 63.6 Å². The average molecular weight is 301 g/mol. The van der Waals surface area contributed by atoms with E-state index in [4.69, 9.17) is 4.74 Å². The van der Waals surface area contributed by atoms with Crippen LogP contribution in [0.15, 0.2) is 17.2 Å². The maximum atomic E-state index is 12.7. The van der Waals surface area contributed by atoms with Crippen LogP contribution >= 0.6 is 0 Å². The molecule has 114 valence electrons. The average Bonchev–Trinajstić information content (AvgIpc) is 2.79. The van der Waals surface area contributed by atoms with Gasteiger partial charge in [0.1, 0.15) is 4.90 Å². The fourth-order valence-electron chi connectivity index (χ4n) is 2.35. The highest BCUT2D eigenvalue weighted by Gasteiger charge is 2.32. The highest BCUT2D eigenvalue weighted by atomic mass is 32.2. The minimum absolute atomic E-state index is 0.119. The molecule has 0 saturated carbocycles. The van der Waals surface area contributed by atoms with Gasteiger partial charge >= 0.3 is 0 Å². The zero-order valence-corrected chi connectivity index (χ0v) is 13.1. The smallest absolute Gasteiger partial charge is 0.244 e. The van der Waals surface area contributed by atoms with Crippen LogP contribution in [0.1, 0.15) is 19.5 Å². The van der Waals surface area contributed by atoms with Crippen LogP contribution in [0.25, 0.3) is 0 Å². The van der Waals surface area contributed by atoms with Gasteiger partial charge in [-0.25, -0.2) is 8.42 Å². The summed E-state index contributed by atoms with van der Waals surface area (Å²) in [4.78, 5) is 0.363. The molecule has 0 amide bonds. The standard InChI is InChI=1S/C13H23N3O3S/c1-4-14-8-12-7-13(9-15(12)3)20(17,18)16-5-6-19-10-11(16)2/h7,9,11,14H,4-6,8,10H2,1-3H3. The lowest BCUT2D eigenvalue weighted by Crippen LogP contribution is -2.46. The molecule has 1 aliphatic heterocycles. The Hall–Kier alpha value is -0.890. The third-order valence-corrected chi connectivity index (χ3v) is 5.53. The van der Waals surface area contributed by atoms with Gasteiger partial charge in [0.05, 0.1) is 13.2 Å². The highest BCUT2D eigenvalue weighted by Crippen LogP contribution is 2.22. The molecular weight excluding hydrogens is 278 g/mol. The summed E-state index contributed by atoms with van der Waals surface area (Å²) in [5, 5.41) is 3.21. The normalized spacial score (nSPS) is 21.2. The molecule has 1 aromatic heterocycles. The number of hydrogen-bond acceptors (Lipinski definition) is 4. The van der Waals surface area contributed by atoms with E-state index in [1.54, 1.807) is 12.3 Å². The van der Waals surface area contributed by atoms with Crippen LogP contribution in [0.2, 0.25) is 0 Å². The van der Waals surface area contributed by atoms with Gasteiger partial charge in [-0.3, -0.25) is 0 Å². The summed E-state index contributed by atoms with van der Waals surface area (Å²) in [5.41, 5.74) is 0.964. The number of nitrogens with zero attached hydrogens (tertiary/aromatic N) is 2. The number of ether oxygens (including phenoxy) is 1. The van der Waals surface area contributed by atoms with Crippen LogP contribution in [0.3, 0.4) is 0 Å². The third kappa shape index (κ3) is 3.06. The van der Waals surface area contributed by atoms with Gasteiger partial charge in [0, 0.05) is 38.1 Å². The van der Waals surface area contributed by atoms with Crippen molar-refractivity contribution in [1.29, 1.82) is 0 Å². The predicted molar refractivity (Wildman–Crippen MR) is 77.0 cm³/mol. The molecule has 0 aromatic carbocycles. The molecule has 0 radical (unpaired) electrons. The summed E-state index contributed by atoms with van der Waals surface area (Å²) in [6, 6.07) is 1.63. The lowest BCUT2D eigenvalue weighted by Gasteiger charge is -2.31. The highest BCUT2D eigenvalue weighted by molar-refractivity contribution is 7.89. The molecule has 1 atom stereocenters. The van der Waals surface area contributed by atoms with Crippen molar-refractivity contribution in [2.45, 2.75) is 31.3 Å². The van der Waals surface area contributed by atoms with E-state index in [2.05, 4.69) is 5.32 Å². The molecule has 20 heavy (non-hydrogen) atoms. The number of nitrogens with one attached hydrogen (secondary N) is 1. The first kappa shape index (κ1) is 15.5. The van der Waals surface area contributed by atoms with Crippen molar-refractivity contribution in [2.24, 2.45) is 7.05 Å². The van der Waals surface area contributed by atoms with Gasteiger partial charge < -0.3 is 14.6 Å². The Labute approximate surface area is 120 Å². The van der Waals surface area contributed by atoms with E-state index in [1.807, 2.05) is 25.5 Å². The zero-order chi connectivity index (χ0) is 14.8. The van der Waals surface area contributed by atoms with E-state index >= 15 is 0 Å². The predicted octanol–water partition coefficient (Wildman–Crippen LogP) is 0.544. The summed E-state index contributed by atoms with van der Waals surface area (Å²) >= 11 is 0. The molecule has 2 rings (SSSR count). The Morgan fingerprint density at radius 3 is 2.90 bits per heavy atom. The molecule has 2 heterocycles. The van der Waals surface area contributed by atoms with Gasteiger partial charge in [-0.05, 0) is 19.5 Å². The monoisotopic (exact) mass is 301 g/mol. The molecule has 0 bridgehead atoms. The Balaban J connectivity index is 2.25. The second-order valence-corrected chi connectivity index (χ2v) is 6.99. The van der Waals surface area contributed by atoms with Crippen LogP contribution in [0, 0.1) is 0 Å². The fourth-order valence-corrected chi connectivity index (χ4v) is 4.05. The van der Waals surface area contributed by atoms with Crippen molar-refractivity contribution in [2.75, 3.05) is 26.3 Å². The van der Waals surface area contributed by atoms with Gasteiger partial charge in [-0.1, -0.05) is 6.92 Å². The summed E-state index contributed by atoms with van der Waals surface area (Å²) in [5.74, 6) is 0. The minimum Gasteiger partial charge on any atom is -0.378 e. The van der Waals surface area contributed by atoms with Crippen molar-refractivity contribution in [3.05, 3.63) is 18.0 Å². The van der Waals surface area contributed by atoms with Crippen molar-refractivity contribution in [1.82, 2.24) is 14.2 Å². The van der Waals surface area contributed by atoms with Gasteiger partial charge in [0.25, 0.3) is 0 Å². The van der Waals surface area contributed by atoms with Crippen molar-refractivity contribution in [3.8, 4) is 0 Å². The van der Waals surface area contributed by atoms with Gasteiger partial charge in [-0.15, -0.1) is 0 Å². The Kier molecular flexibility index (Phi) is 4.85. The number of morpholine rings is 1. The number of rotatable bonds is 5. The van der Waals surface area contributed by atoms with Crippen LogP contribution in [0.5, 0.6) is 0 Å². The first-order chi connectivity index (χ1) is 9.46. The number of sulfonamides is 1. The molecule has 1 aliphatic rings. The van der Waals surface area contributed by atoms with Crippen LogP contribution in [-0.2, 0) is 28.4 Å². The van der Waals surface area contributed by atoms with Crippen molar-refractivity contribution in [3.63, 3.8) is 0 Å².